The summed E-state index contributed by atoms with van der Waals surface area (Å²) in [6, 6.07) is 5.03. The molecule has 0 amide bonds. The number of rotatable bonds is 3. The number of ether oxygens (including phenoxy) is 1. The predicted molar refractivity (Wildman–Crippen MR) is 78.2 cm³/mol. The first-order valence-electron chi connectivity index (χ1n) is 6.25. The topological polar surface area (TPSA) is 46.5 Å². The highest BCUT2D eigenvalue weighted by Gasteiger charge is 2.20. The van der Waals surface area contributed by atoms with Crippen LogP contribution in [0.1, 0.15) is 43.0 Å². The Bertz CT molecular complexity index is 437. The van der Waals surface area contributed by atoms with Crippen LogP contribution in [0.25, 0.3) is 0 Å². The van der Waals surface area contributed by atoms with E-state index in [-0.39, 0.29) is 11.7 Å². The zero-order valence-corrected chi connectivity index (χ0v) is 12.5. The van der Waals surface area contributed by atoms with Crippen molar-refractivity contribution in [3.8, 4) is 5.75 Å². The number of hydrogen-bond donors (Lipinski definition) is 1. The molecule has 2 rings (SSSR count). The van der Waals surface area contributed by atoms with Gasteiger partial charge in [0.1, 0.15) is 5.75 Å². The summed E-state index contributed by atoms with van der Waals surface area (Å²) in [7, 11) is 0. The van der Waals surface area contributed by atoms with E-state index in [4.69, 9.17) is 9.84 Å². The first-order chi connectivity index (χ1) is 8.56. The summed E-state index contributed by atoms with van der Waals surface area (Å²) >= 11 is 2.18. The summed E-state index contributed by atoms with van der Waals surface area (Å²) < 4.78 is 6.92. The SMILES string of the molecule is CC1CCC(Oc2cc(C(=O)O)ccc2I)CC1. The number of carboxylic acids is 1. The number of aromatic carboxylic acids is 1. The lowest BCUT2D eigenvalue weighted by atomic mass is 9.89. The minimum absolute atomic E-state index is 0.235. The number of carboxylic acid groups (broad SMARTS) is 1. The zero-order chi connectivity index (χ0) is 13.1. The van der Waals surface area contributed by atoms with Gasteiger partial charge in [-0.1, -0.05) is 6.92 Å². The van der Waals surface area contributed by atoms with Crippen molar-refractivity contribution in [1.29, 1.82) is 0 Å². The summed E-state index contributed by atoms with van der Waals surface area (Å²) in [5.41, 5.74) is 0.287. The molecule has 0 aromatic heterocycles. The van der Waals surface area contributed by atoms with Gasteiger partial charge in [-0.3, -0.25) is 0 Å². The highest BCUT2D eigenvalue weighted by molar-refractivity contribution is 14.1. The van der Waals surface area contributed by atoms with Crippen molar-refractivity contribution in [3.63, 3.8) is 0 Å². The second kappa shape index (κ2) is 5.91. The van der Waals surface area contributed by atoms with Crippen molar-refractivity contribution in [1.82, 2.24) is 0 Å². The number of hydrogen-bond acceptors (Lipinski definition) is 2. The molecule has 1 aliphatic carbocycles. The monoisotopic (exact) mass is 360 g/mol. The van der Waals surface area contributed by atoms with Crippen molar-refractivity contribution in [2.75, 3.05) is 0 Å². The van der Waals surface area contributed by atoms with Crippen LogP contribution >= 0.6 is 22.6 Å². The van der Waals surface area contributed by atoms with Crippen molar-refractivity contribution in [2.45, 2.75) is 38.7 Å². The Hall–Kier alpha value is -0.780. The van der Waals surface area contributed by atoms with E-state index < -0.39 is 5.97 Å². The molecular weight excluding hydrogens is 343 g/mol. The van der Waals surface area contributed by atoms with Crippen molar-refractivity contribution >= 4 is 28.6 Å². The van der Waals surface area contributed by atoms with E-state index >= 15 is 0 Å². The molecule has 0 heterocycles. The van der Waals surface area contributed by atoms with Crippen LogP contribution in [0.3, 0.4) is 0 Å². The van der Waals surface area contributed by atoms with E-state index in [2.05, 4.69) is 29.5 Å². The molecule has 3 nitrogen and oxygen atoms in total. The molecule has 4 heteroatoms. The fourth-order valence-electron chi connectivity index (χ4n) is 2.25. The van der Waals surface area contributed by atoms with E-state index in [1.165, 1.54) is 12.8 Å². The van der Waals surface area contributed by atoms with Crippen LogP contribution in [-0.2, 0) is 0 Å². The van der Waals surface area contributed by atoms with Gasteiger partial charge < -0.3 is 9.84 Å². The van der Waals surface area contributed by atoms with Crippen LogP contribution in [-0.4, -0.2) is 17.2 Å². The maximum absolute atomic E-state index is 10.9. The Labute approximate surface area is 121 Å². The standard InChI is InChI=1S/C14H17IO3/c1-9-2-5-11(6-3-9)18-13-8-10(14(16)17)4-7-12(13)15/h4,7-9,11H,2-3,5-6H2,1H3,(H,16,17). The van der Waals surface area contributed by atoms with Crippen molar-refractivity contribution in [2.24, 2.45) is 5.92 Å². The maximum Gasteiger partial charge on any atom is 0.335 e. The molecule has 0 radical (unpaired) electrons. The van der Waals surface area contributed by atoms with Gasteiger partial charge in [-0.25, -0.2) is 4.79 Å². The third-order valence-electron chi connectivity index (χ3n) is 3.43. The molecule has 0 bridgehead atoms. The Kier molecular flexibility index (Phi) is 4.48. The molecule has 0 unspecified atom stereocenters. The Morgan fingerprint density at radius 3 is 2.61 bits per heavy atom. The largest absolute Gasteiger partial charge is 0.489 e. The van der Waals surface area contributed by atoms with Crippen LogP contribution in [0.2, 0.25) is 0 Å². The highest BCUT2D eigenvalue weighted by atomic mass is 127. The highest BCUT2D eigenvalue weighted by Crippen LogP contribution is 2.30. The van der Waals surface area contributed by atoms with E-state index in [0.717, 1.165) is 22.3 Å². The average Bonchev–Trinajstić information content (AvgIpc) is 2.34. The summed E-state index contributed by atoms with van der Waals surface area (Å²) in [5, 5.41) is 8.98. The fraction of sp³-hybridized carbons (Fsp3) is 0.500. The van der Waals surface area contributed by atoms with Gasteiger partial charge in [0, 0.05) is 0 Å². The predicted octanol–water partition coefficient (Wildman–Crippen LogP) is 3.95. The molecular formula is C14H17IO3. The van der Waals surface area contributed by atoms with Crippen molar-refractivity contribution < 1.29 is 14.6 Å². The van der Waals surface area contributed by atoms with Gasteiger partial charge in [0.15, 0.2) is 0 Å². The van der Waals surface area contributed by atoms with Gasteiger partial charge >= 0.3 is 5.97 Å². The first-order valence-corrected chi connectivity index (χ1v) is 7.33. The van der Waals surface area contributed by atoms with Gasteiger partial charge in [-0.2, -0.15) is 0 Å². The summed E-state index contributed by atoms with van der Waals surface area (Å²) in [6.07, 6.45) is 4.75. The normalized spacial score (nSPS) is 23.7. The summed E-state index contributed by atoms with van der Waals surface area (Å²) in [4.78, 5) is 10.9. The van der Waals surface area contributed by atoms with Gasteiger partial charge in [-0.05, 0) is 72.4 Å². The third kappa shape index (κ3) is 3.37. The quantitative estimate of drug-likeness (QED) is 0.831. The second-order valence-corrected chi connectivity index (χ2v) is 6.11. The van der Waals surface area contributed by atoms with Crippen LogP contribution in [0, 0.1) is 9.49 Å². The first kappa shape index (κ1) is 13.6. The lowest BCUT2D eigenvalue weighted by Crippen LogP contribution is -2.23. The molecule has 1 aromatic rings. The lowest BCUT2D eigenvalue weighted by Gasteiger charge is -2.27. The molecule has 98 valence electrons. The lowest BCUT2D eigenvalue weighted by molar-refractivity contribution is 0.0695. The van der Waals surface area contributed by atoms with E-state index in [1.54, 1.807) is 18.2 Å². The van der Waals surface area contributed by atoms with Gasteiger partial charge in [-0.15, -0.1) is 0 Å². The number of halogens is 1. The molecule has 0 aliphatic heterocycles. The summed E-state index contributed by atoms with van der Waals surface area (Å²) in [5.74, 6) is 0.581. The second-order valence-electron chi connectivity index (χ2n) is 4.95. The molecule has 0 saturated heterocycles. The number of benzene rings is 1. The molecule has 1 aliphatic rings. The van der Waals surface area contributed by atoms with Gasteiger partial charge in [0.05, 0.1) is 15.2 Å². The average molecular weight is 360 g/mol. The van der Waals surface area contributed by atoms with Crippen LogP contribution in [0.15, 0.2) is 18.2 Å². The minimum atomic E-state index is -0.909. The zero-order valence-electron chi connectivity index (χ0n) is 10.4. The Balaban J connectivity index is 2.08. The van der Waals surface area contributed by atoms with E-state index in [0.29, 0.717) is 5.75 Å². The van der Waals surface area contributed by atoms with Gasteiger partial charge in [0.25, 0.3) is 0 Å². The molecule has 0 atom stereocenters. The smallest absolute Gasteiger partial charge is 0.335 e. The molecule has 1 aromatic carbocycles. The third-order valence-corrected chi connectivity index (χ3v) is 4.33. The molecule has 1 saturated carbocycles. The van der Waals surface area contributed by atoms with Crippen molar-refractivity contribution in [3.05, 3.63) is 27.3 Å². The molecule has 1 N–H and O–H groups in total. The van der Waals surface area contributed by atoms with Crippen LogP contribution in [0.5, 0.6) is 5.75 Å². The molecule has 0 spiro atoms. The molecule has 1 fully saturated rings. The Morgan fingerprint density at radius 1 is 1.33 bits per heavy atom. The van der Waals surface area contributed by atoms with E-state index in [9.17, 15) is 4.79 Å². The summed E-state index contributed by atoms with van der Waals surface area (Å²) in [6.45, 7) is 2.27. The fourth-order valence-corrected chi connectivity index (χ4v) is 2.72. The molecule has 18 heavy (non-hydrogen) atoms. The van der Waals surface area contributed by atoms with Crippen LogP contribution in [0.4, 0.5) is 0 Å². The Morgan fingerprint density at radius 2 is 2.00 bits per heavy atom. The van der Waals surface area contributed by atoms with Gasteiger partial charge in [0.2, 0.25) is 0 Å². The van der Waals surface area contributed by atoms with E-state index in [1.807, 2.05) is 0 Å². The number of carbonyl (C=O) groups is 1. The maximum atomic E-state index is 10.9. The van der Waals surface area contributed by atoms with Crippen LogP contribution < -0.4 is 4.74 Å². The minimum Gasteiger partial charge on any atom is -0.489 e.